The van der Waals surface area contributed by atoms with Crippen molar-refractivity contribution in [1.29, 1.82) is 0 Å². The van der Waals surface area contributed by atoms with Crippen molar-refractivity contribution < 1.29 is 27.9 Å². The molecule has 0 fully saturated rings. The summed E-state index contributed by atoms with van der Waals surface area (Å²) >= 11 is 0. The monoisotopic (exact) mass is 401 g/mol. The molecule has 0 heterocycles. The summed E-state index contributed by atoms with van der Waals surface area (Å²) in [5.74, 6) is -3.33. The molecule has 0 spiro atoms. The van der Waals surface area contributed by atoms with Crippen LogP contribution in [0, 0.1) is 11.6 Å². The summed E-state index contributed by atoms with van der Waals surface area (Å²) in [7, 11) is 0. The van der Waals surface area contributed by atoms with E-state index in [2.05, 4.69) is 5.32 Å². The van der Waals surface area contributed by atoms with Crippen LogP contribution in [-0.2, 0) is 27.2 Å². The number of esters is 1. The number of carbonyl (C=O) groups excluding carboxylic acids is 3. The Morgan fingerprint density at radius 3 is 2.55 bits per heavy atom. The fourth-order valence-corrected chi connectivity index (χ4v) is 3.24. The van der Waals surface area contributed by atoms with Crippen LogP contribution in [0.5, 0.6) is 0 Å². The molecule has 0 saturated heterocycles. The van der Waals surface area contributed by atoms with Gasteiger partial charge in [0, 0.05) is 18.1 Å². The molecule has 0 aliphatic heterocycles. The third-order valence-electron chi connectivity index (χ3n) is 4.84. The number of anilines is 1. The first-order chi connectivity index (χ1) is 13.8. The summed E-state index contributed by atoms with van der Waals surface area (Å²) in [5.41, 5.74) is 2.79. The van der Waals surface area contributed by atoms with Crippen molar-refractivity contribution in [2.75, 3.05) is 5.32 Å². The number of halogens is 2. The van der Waals surface area contributed by atoms with Gasteiger partial charge in [0.25, 0.3) is 5.91 Å². The average Bonchev–Trinajstić information content (AvgIpc) is 3.16. The van der Waals surface area contributed by atoms with E-state index < -0.39 is 29.6 Å². The highest BCUT2D eigenvalue weighted by atomic mass is 19.1. The van der Waals surface area contributed by atoms with Crippen LogP contribution in [0.3, 0.4) is 0 Å². The van der Waals surface area contributed by atoms with Crippen molar-refractivity contribution in [2.45, 2.75) is 45.1 Å². The highest BCUT2D eigenvalue weighted by Gasteiger charge is 2.20. The Morgan fingerprint density at radius 2 is 1.79 bits per heavy atom. The van der Waals surface area contributed by atoms with E-state index in [0.29, 0.717) is 11.6 Å². The van der Waals surface area contributed by atoms with Crippen molar-refractivity contribution in [3.8, 4) is 0 Å². The van der Waals surface area contributed by atoms with Crippen molar-refractivity contribution in [1.82, 2.24) is 0 Å². The van der Waals surface area contributed by atoms with E-state index >= 15 is 0 Å². The molecule has 1 aliphatic carbocycles. The molecule has 1 atom stereocenters. The third-order valence-corrected chi connectivity index (χ3v) is 4.84. The van der Waals surface area contributed by atoms with Crippen LogP contribution in [0.15, 0.2) is 36.4 Å². The molecule has 1 aliphatic rings. The van der Waals surface area contributed by atoms with Crippen LogP contribution in [0.1, 0.15) is 47.7 Å². The van der Waals surface area contributed by atoms with Gasteiger partial charge in [0.2, 0.25) is 0 Å². The number of fused-ring (bicyclic) bond motifs is 1. The number of ketones is 1. The molecule has 1 amide bonds. The topological polar surface area (TPSA) is 72.5 Å². The van der Waals surface area contributed by atoms with E-state index in [1.165, 1.54) is 18.1 Å². The Balaban J connectivity index is 1.48. The van der Waals surface area contributed by atoms with Crippen LogP contribution in [0.25, 0.3) is 0 Å². The van der Waals surface area contributed by atoms with E-state index in [1.807, 2.05) is 12.1 Å². The van der Waals surface area contributed by atoms with Crippen LogP contribution in [0.4, 0.5) is 14.5 Å². The Labute approximate surface area is 167 Å². The summed E-state index contributed by atoms with van der Waals surface area (Å²) in [6.07, 6.45) is 1.68. The molecule has 0 saturated carbocycles. The number of hydrogen-bond acceptors (Lipinski definition) is 4. The maximum Gasteiger partial charge on any atom is 0.307 e. The first-order valence-corrected chi connectivity index (χ1v) is 9.44. The second-order valence-electron chi connectivity index (χ2n) is 7.01. The normalized spacial score (nSPS) is 13.5. The van der Waals surface area contributed by atoms with Gasteiger partial charge in [-0.05, 0) is 55.5 Å². The van der Waals surface area contributed by atoms with Gasteiger partial charge in [0.15, 0.2) is 11.9 Å². The lowest BCUT2D eigenvalue weighted by Crippen LogP contribution is -2.30. The zero-order valence-corrected chi connectivity index (χ0v) is 16.0. The Bertz CT molecular complexity index is 958. The van der Waals surface area contributed by atoms with Crippen LogP contribution < -0.4 is 5.32 Å². The minimum Gasteiger partial charge on any atom is -0.453 e. The summed E-state index contributed by atoms with van der Waals surface area (Å²) < 4.78 is 31.5. The SMILES string of the molecule is C[C@H](OC(=O)CCC(=O)c1ccc2c(c1)CCC2)C(=O)Nc1ccc(F)cc1F. The molecule has 0 bridgehead atoms. The Kier molecular flexibility index (Phi) is 6.36. The van der Waals surface area contributed by atoms with Gasteiger partial charge in [0.05, 0.1) is 12.1 Å². The molecule has 152 valence electrons. The van der Waals surface area contributed by atoms with E-state index in [4.69, 9.17) is 4.74 Å². The number of Topliss-reactive ketones (excluding diaryl/α,β-unsaturated/α-hetero) is 1. The van der Waals surface area contributed by atoms with Gasteiger partial charge >= 0.3 is 5.97 Å². The second-order valence-corrected chi connectivity index (χ2v) is 7.01. The van der Waals surface area contributed by atoms with Gasteiger partial charge in [0.1, 0.15) is 11.6 Å². The van der Waals surface area contributed by atoms with Gasteiger partial charge in [-0.25, -0.2) is 8.78 Å². The molecule has 1 N–H and O–H groups in total. The van der Waals surface area contributed by atoms with Gasteiger partial charge in [-0.15, -0.1) is 0 Å². The first-order valence-electron chi connectivity index (χ1n) is 9.44. The summed E-state index contributed by atoms with van der Waals surface area (Å²) in [5, 5.41) is 2.23. The number of ether oxygens (including phenoxy) is 1. The minimum atomic E-state index is -1.19. The third kappa shape index (κ3) is 5.25. The lowest BCUT2D eigenvalue weighted by Gasteiger charge is -2.14. The fraction of sp³-hybridized carbons (Fsp3) is 0.318. The molecule has 3 rings (SSSR count). The molecule has 7 heteroatoms. The number of aryl methyl sites for hydroxylation is 2. The molecule has 2 aromatic carbocycles. The van der Waals surface area contributed by atoms with Crippen molar-refractivity contribution in [3.05, 3.63) is 64.7 Å². The van der Waals surface area contributed by atoms with Crippen LogP contribution in [-0.4, -0.2) is 23.8 Å². The molecule has 0 radical (unpaired) electrons. The van der Waals surface area contributed by atoms with Gasteiger partial charge in [-0.2, -0.15) is 0 Å². The Hall–Kier alpha value is -3.09. The minimum absolute atomic E-state index is 0.0292. The van der Waals surface area contributed by atoms with Crippen molar-refractivity contribution in [2.24, 2.45) is 0 Å². The van der Waals surface area contributed by atoms with Crippen molar-refractivity contribution >= 4 is 23.3 Å². The maximum atomic E-state index is 13.6. The lowest BCUT2D eigenvalue weighted by atomic mass is 10.0. The number of carbonyl (C=O) groups is 3. The number of hydrogen-bond donors (Lipinski definition) is 1. The lowest BCUT2D eigenvalue weighted by molar-refractivity contribution is -0.153. The predicted octanol–water partition coefficient (Wildman–Crippen LogP) is 3.99. The number of rotatable bonds is 7. The predicted molar refractivity (Wildman–Crippen MR) is 103 cm³/mol. The zero-order valence-electron chi connectivity index (χ0n) is 16.0. The fourth-order valence-electron chi connectivity index (χ4n) is 3.24. The second kappa shape index (κ2) is 8.94. The zero-order chi connectivity index (χ0) is 21.0. The summed E-state index contributed by atoms with van der Waals surface area (Å²) in [6, 6.07) is 8.31. The largest absolute Gasteiger partial charge is 0.453 e. The quantitative estimate of drug-likeness (QED) is 0.563. The smallest absolute Gasteiger partial charge is 0.307 e. The molecule has 2 aromatic rings. The van der Waals surface area contributed by atoms with Gasteiger partial charge in [-0.1, -0.05) is 12.1 Å². The number of amides is 1. The van der Waals surface area contributed by atoms with Crippen LogP contribution >= 0.6 is 0 Å². The Morgan fingerprint density at radius 1 is 1.03 bits per heavy atom. The van der Waals surface area contributed by atoms with Gasteiger partial charge < -0.3 is 10.1 Å². The molecule has 29 heavy (non-hydrogen) atoms. The van der Waals surface area contributed by atoms with E-state index in [-0.39, 0.29) is 24.3 Å². The van der Waals surface area contributed by atoms with E-state index in [9.17, 15) is 23.2 Å². The molecular formula is C22H21F2NO4. The van der Waals surface area contributed by atoms with Gasteiger partial charge in [-0.3, -0.25) is 14.4 Å². The molecular weight excluding hydrogens is 380 g/mol. The standard InChI is InChI=1S/C22H21F2NO4/c1-13(22(28)25-19-8-7-17(23)12-18(19)24)29-21(27)10-9-20(26)16-6-5-14-3-2-4-15(14)11-16/h5-8,11-13H,2-4,9-10H2,1H3,(H,25,28)/t13-/m0/s1. The van der Waals surface area contributed by atoms with Crippen LogP contribution in [0.2, 0.25) is 0 Å². The molecule has 0 unspecified atom stereocenters. The highest BCUT2D eigenvalue weighted by Crippen LogP contribution is 2.23. The van der Waals surface area contributed by atoms with E-state index in [1.54, 1.807) is 6.07 Å². The molecule has 5 nitrogen and oxygen atoms in total. The molecule has 0 aromatic heterocycles. The average molecular weight is 401 g/mol. The highest BCUT2D eigenvalue weighted by molar-refractivity contribution is 5.98. The van der Waals surface area contributed by atoms with E-state index in [0.717, 1.165) is 31.4 Å². The summed E-state index contributed by atoms with van der Waals surface area (Å²) in [4.78, 5) is 36.3. The van der Waals surface area contributed by atoms with Crippen molar-refractivity contribution in [3.63, 3.8) is 0 Å². The first kappa shape index (κ1) is 20.6. The maximum absolute atomic E-state index is 13.6. The number of nitrogens with one attached hydrogen (secondary N) is 1. The summed E-state index contributed by atoms with van der Waals surface area (Å²) in [6.45, 7) is 1.33. The number of benzene rings is 2.